The van der Waals surface area contributed by atoms with E-state index in [0.29, 0.717) is 16.6 Å². The molecule has 7 nitrogen and oxygen atoms in total. The first-order valence-corrected chi connectivity index (χ1v) is 9.30. The predicted molar refractivity (Wildman–Crippen MR) is 112 cm³/mol. The molecule has 3 aromatic rings. The number of amides is 1. The number of esters is 1. The minimum Gasteiger partial charge on any atom is -0.451 e. The SMILES string of the molecule is CC(C)(C)C(=O)Nc1ccc(C(=O)COC(=O)c2cc(=O)c3ccccc3o2)cc1. The van der Waals surface area contributed by atoms with E-state index in [-0.39, 0.29) is 22.7 Å². The number of hydrogen-bond acceptors (Lipinski definition) is 6. The summed E-state index contributed by atoms with van der Waals surface area (Å²) in [7, 11) is 0. The number of benzene rings is 2. The van der Waals surface area contributed by atoms with Gasteiger partial charge in [-0.05, 0) is 36.4 Å². The number of carbonyl (C=O) groups excluding carboxylic acids is 3. The van der Waals surface area contributed by atoms with E-state index >= 15 is 0 Å². The number of hydrogen-bond donors (Lipinski definition) is 1. The van der Waals surface area contributed by atoms with Gasteiger partial charge in [-0.15, -0.1) is 0 Å². The number of ether oxygens (including phenoxy) is 1. The lowest BCUT2D eigenvalue weighted by Gasteiger charge is -2.17. The normalized spacial score (nSPS) is 11.2. The van der Waals surface area contributed by atoms with Crippen molar-refractivity contribution < 1.29 is 23.5 Å². The summed E-state index contributed by atoms with van der Waals surface area (Å²) in [6.07, 6.45) is 0. The Morgan fingerprint density at radius 3 is 2.33 bits per heavy atom. The van der Waals surface area contributed by atoms with E-state index in [1.54, 1.807) is 57.2 Å². The van der Waals surface area contributed by atoms with Gasteiger partial charge in [-0.1, -0.05) is 32.9 Å². The van der Waals surface area contributed by atoms with Gasteiger partial charge in [0.25, 0.3) is 0 Å². The Morgan fingerprint density at radius 2 is 1.67 bits per heavy atom. The molecule has 1 aromatic heterocycles. The summed E-state index contributed by atoms with van der Waals surface area (Å²) < 4.78 is 10.4. The summed E-state index contributed by atoms with van der Waals surface area (Å²) in [6.45, 7) is 4.88. The molecule has 0 unspecified atom stereocenters. The smallest absolute Gasteiger partial charge is 0.374 e. The van der Waals surface area contributed by atoms with Crippen LogP contribution in [0.3, 0.4) is 0 Å². The lowest BCUT2D eigenvalue weighted by atomic mass is 9.95. The van der Waals surface area contributed by atoms with Gasteiger partial charge in [-0.3, -0.25) is 14.4 Å². The highest BCUT2D eigenvalue weighted by Gasteiger charge is 2.21. The molecule has 0 radical (unpaired) electrons. The van der Waals surface area contributed by atoms with E-state index in [2.05, 4.69) is 5.32 Å². The third-order valence-electron chi connectivity index (χ3n) is 4.32. The van der Waals surface area contributed by atoms with Crippen LogP contribution < -0.4 is 10.7 Å². The number of para-hydroxylation sites is 1. The Bertz CT molecular complexity index is 1170. The van der Waals surface area contributed by atoms with Crippen LogP contribution in [0.1, 0.15) is 41.7 Å². The molecule has 1 amide bonds. The average Bonchev–Trinajstić information content (AvgIpc) is 2.71. The molecule has 3 rings (SSSR count). The zero-order valence-electron chi connectivity index (χ0n) is 16.9. The number of Topliss-reactive ketones (excluding diaryl/α,β-unsaturated/α-hetero) is 1. The van der Waals surface area contributed by atoms with Gasteiger partial charge in [0, 0.05) is 22.7 Å². The van der Waals surface area contributed by atoms with Gasteiger partial charge < -0.3 is 14.5 Å². The Morgan fingerprint density at radius 1 is 1.00 bits per heavy atom. The summed E-state index contributed by atoms with van der Waals surface area (Å²) in [5.74, 6) is -1.75. The molecule has 0 aliphatic carbocycles. The van der Waals surface area contributed by atoms with E-state index in [1.165, 1.54) is 12.1 Å². The van der Waals surface area contributed by atoms with Crippen molar-refractivity contribution in [2.24, 2.45) is 5.41 Å². The zero-order valence-corrected chi connectivity index (χ0v) is 16.9. The van der Waals surface area contributed by atoms with Gasteiger partial charge in [0.15, 0.2) is 17.8 Å². The molecular formula is C23H21NO6. The molecule has 1 N–H and O–H groups in total. The minimum atomic E-state index is -0.903. The van der Waals surface area contributed by atoms with Gasteiger partial charge >= 0.3 is 5.97 Å². The minimum absolute atomic E-state index is 0.146. The van der Waals surface area contributed by atoms with E-state index < -0.39 is 23.8 Å². The maximum Gasteiger partial charge on any atom is 0.374 e. The quantitative estimate of drug-likeness (QED) is 0.510. The first-order valence-electron chi connectivity index (χ1n) is 9.30. The van der Waals surface area contributed by atoms with Crippen molar-refractivity contribution in [1.82, 2.24) is 0 Å². The third kappa shape index (κ3) is 4.81. The van der Waals surface area contributed by atoms with Crippen molar-refractivity contribution >= 4 is 34.3 Å². The van der Waals surface area contributed by atoms with Crippen LogP contribution in [0.4, 0.5) is 5.69 Å². The standard InChI is InChI=1S/C23H21NO6/c1-23(2,3)22(28)24-15-10-8-14(9-11-15)18(26)13-29-21(27)20-12-17(25)16-6-4-5-7-19(16)30-20/h4-12H,13H2,1-3H3,(H,24,28). The number of nitrogens with one attached hydrogen (secondary N) is 1. The summed E-state index contributed by atoms with van der Waals surface area (Å²) in [5.41, 5.74) is 0.220. The second-order valence-electron chi connectivity index (χ2n) is 7.75. The number of carbonyl (C=O) groups is 3. The Labute approximate surface area is 172 Å². The van der Waals surface area contributed by atoms with Crippen LogP contribution in [0.25, 0.3) is 11.0 Å². The highest BCUT2D eigenvalue weighted by atomic mass is 16.5. The molecule has 30 heavy (non-hydrogen) atoms. The van der Waals surface area contributed by atoms with Gasteiger partial charge in [0.1, 0.15) is 5.58 Å². The molecule has 0 aliphatic rings. The lowest BCUT2D eigenvalue weighted by Crippen LogP contribution is -2.27. The number of ketones is 1. The van der Waals surface area contributed by atoms with Crippen LogP contribution in [0.15, 0.2) is 63.8 Å². The lowest BCUT2D eigenvalue weighted by molar-refractivity contribution is -0.123. The topological polar surface area (TPSA) is 103 Å². The second kappa shape index (κ2) is 8.32. The van der Waals surface area contributed by atoms with Crippen LogP contribution in [0.2, 0.25) is 0 Å². The van der Waals surface area contributed by atoms with Gasteiger partial charge in [-0.25, -0.2) is 4.79 Å². The van der Waals surface area contributed by atoms with E-state index in [9.17, 15) is 19.2 Å². The van der Waals surface area contributed by atoms with Gasteiger partial charge in [-0.2, -0.15) is 0 Å². The average molecular weight is 407 g/mol. The number of anilines is 1. The fourth-order valence-corrected chi connectivity index (χ4v) is 2.55. The molecule has 0 fully saturated rings. The van der Waals surface area contributed by atoms with Crippen molar-refractivity contribution in [3.8, 4) is 0 Å². The maximum absolute atomic E-state index is 12.3. The fraction of sp³-hybridized carbons (Fsp3) is 0.217. The van der Waals surface area contributed by atoms with Gasteiger partial charge in [0.2, 0.25) is 11.7 Å². The Hall–Kier alpha value is -3.74. The first kappa shape index (κ1) is 21.0. The molecule has 2 aromatic carbocycles. The molecule has 1 heterocycles. The van der Waals surface area contributed by atoms with Crippen molar-refractivity contribution in [1.29, 1.82) is 0 Å². The van der Waals surface area contributed by atoms with Crippen LogP contribution in [0, 0.1) is 5.41 Å². The molecule has 7 heteroatoms. The van der Waals surface area contributed by atoms with E-state index in [4.69, 9.17) is 9.15 Å². The summed E-state index contributed by atoms with van der Waals surface area (Å²) in [5, 5.41) is 3.11. The molecule has 0 atom stereocenters. The number of fused-ring (bicyclic) bond motifs is 1. The molecule has 0 aliphatic heterocycles. The van der Waals surface area contributed by atoms with Crippen LogP contribution in [-0.2, 0) is 9.53 Å². The summed E-state index contributed by atoms with van der Waals surface area (Å²) >= 11 is 0. The maximum atomic E-state index is 12.3. The molecule has 0 spiro atoms. The number of rotatable bonds is 5. The molecule has 154 valence electrons. The van der Waals surface area contributed by atoms with Crippen LogP contribution in [0.5, 0.6) is 0 Å². The van der Waals surface area contributed by atoms with Crippen molar-refractivity contribution in [2.45, 2.75) is 20.8 Å². The van der Waals surface area contributed by atoms with Crippen molar-refractivity contribution in [3.63, 3.8) is 0 Å². The first-order chi connectivity index (χ1) is 14.1. The molecule has 0 saturated heterocycles. The highest BCUT2D eigenvalue weighted by Crippen LogP contribution is 2.18. The van der Waals surface area contributed by atoms with Crippen molar-refractivity contribution in [2.75, 3.05) is 11.9 Å². The molecular weight excluding hydrogens is 386 g/mol. The predicted octanol–water partition coefficient (Wildman–Crippen LogP) is 3.82. The zero-order chi connectivity index (χ0) is 21.9. The van der Waals surface area contributed by atoms with E-state index in [0.717, 1.165) is 6.07 Å². The van der Waals surface area contributed by atoms with Crippen LogP contribution >= 0.6 is 0 Å². The fourth-order valence-electron chi connectivity index (χ4n) is 2.55. The molecule has 0 bridgehead atoms. The summed E-state index contributed by atoms with van der Waals surface area (Å²) in [4.78, 5) is 48.6. The Balaban J connectivity index is 1.63. The highest BCUT2D eigenvalue weighted by molar-refractivity contribution is 6.00. The largest absolute Gasteiger partial charge is 0.451 e. The Kier molecular flexibility index (Phi) is 5.82. The van der Waals surface area contributed by atoms with Crippen molar-refractivity contribution in [3.05, 3.63) is 76.1 Å². The monoisotopic (exact) mass is 407 g/mol. The molecule has 0 saturated carbocycles. The van der Waals surface area contributed by atoms with Gasteiger partial charge in [0.05, 0.1) is 5.39 Å². The second-order valence-corrected chi connectivity index (χ2v) is 7.75. The summed E-state index contributed by atoms with van der Waals surface area (Å²) in [6, 6.07) is 13.8. The van der Waals surface area contributed by atoms with E-state index in [1.807, 2.05) is 0 Å². The van der Waals surface area contributed by atoms with Crippen LogP contribution in [-0.4, -0.2) is 24.3 Å². The third-order valence-corrected chi connectivity index (χ3v) is 4.32.